The lowest BCUT2D eigenvalue weighted by Crippen LogP contribution is -2.04. The summed E-state index contributed by atoms with van der Waals surface area (Å²) in [4.78, 5) is 0. The largest absolute Gasteiger partial charge is 0.459 e. The summed E-state index contributed by atoms with van der Waals surface area (Å²) in [7, 11) is 1.66. The molecule has 2 aromatic heterocycles. The topological polar surface area (TPSA) is 52.2 Å². The molecule has 2 heterocycles. The molecule has 21 heavy (non-hydrogen) atoms. The predicted octanol–water partition coefficient (Wildman–Crippen LogP) is 3.03. The third-order valence-electron chi connectivity index (χ3n) is 3.15. The van der Waals surface area contributed by atoms with E-state index in [1.54, 1.807) is 24.1 Å². The Bertz CT molecular complexity index is 735. The van der Waals surface area contributed by atoms with Crippen molar-refractivity contribution in [1.29, 1.82) is 0 Å². The summed E-state index contributed by atoms with van der Waals surface area (Å²) in [5.41, 5.74) is 1.58. The van der Waals surface area contributed by atoms with Crippen molar-refractivity contribution in [1.82, 2.24) is 9.78 Å². The molecule has 0 bridgehead atoms. The predicted molar refractivity (Wildman–Crippen MR) is 77.6 cm³/mol. The van der Waals surface area contributed by atoms with Crippen LogP contribution in [0.2, 0.25) is 0 Å². The number of aromatic nitrogens is 2. The van der Waals surface area contributed by atoms with E-state index < -0.39 is 0 Å². The first-order valence-corrected chi connectivity index (χ1v) is 6.68. The van der Waals surface area contributed by atoms with E-state index in [1.807, 2.05) is 12.3 Å². The Balaban J connectivity index is 1.64. The maximum atomic E-state index is 13.1. The zero-order valence-electron chi connectivity index (χ0n) is 11.7. The van der Waals surface area contributed by atoms with Crippen molar-refractivity contribution in [2.75, 3.05) is 19.0 Å². The Hall–Kier alpha value is -2.34. The Morgan fingerprint density at radius 2 is 2.29 bits per heavy atom. The summed E-state index contributed by atoms with van der Waals surface area (Å²) < 4.78 is 25.6. The second-order valence-electron chi connectivity index (χ2n) is 4.73. The number of fused-ring (bicyclic) bond motifs is 1. The van der Waals surface area contributed by atoms with Crippen LogP contribution in [-0.2, 0) is 17.8 Å². The molecule has 0 saturated heterocycles. The van der Waals surface area contributed by atoms with E-state index in [0.29, 0.717) is 25.3 Å². The molecule has 3 rings (SSSR count). The van der Waals surface area contributed by atoms with E-state index in [9.17, 15) is 4.39 Å². The third-order valence-corrected chi connectivity index (χ3v) is 3.15. The minimum Gasteiger partial charge on any atom is -0.459 e. The van der Waals surface area contributed by atoms with Crippen LogP contribution >= 0.6 is 0 Å². The summed E-state index contributed by atoms with van der Waals surface area (Å²) in [6.07, 6.45) is 3.65. The fourth-order valence-electron chi connectivity index (χ4n) is 2.11. The molecule has 110 valence electrons. The van der Waals surface area contributed by atoms with Gasteiger partial charge in [0.2, 0.25) is 0 Å². The molecule has 6 heteroatoms. The standard InChI is InChI=1S/C15H16FN3O2/c1-20-5-4-19-10-13(8-18-19)17-9-14-7-11-6-12(16)2-3-15(11)21-14/h2-3,6-8,10,17H,4-5,9H2,1H3. The van der Waals surface area contributed by atoms with Crippen LogP contribution < -0.4 is 5.32 Å². The van der Waals surface area contributed by atoms with Gasteiger partial charge in [-0.3, -0.25) is 4.68 Å². The summed E-state index contributed by atoms with van der Waals surface area (Å²) in [5, 5.41) is 8.20. The van der Waals surface area contributed by atoms with Gasteiger partial charge in [0.05, 0.1) is 31.6 Å². The van der Waals surface area contributed by atoms with Crippen LogP contribution in [0, 0.1) is 5.82 Å². The van der Waals surface area contributed by atoms with Gasteiger partial charge in [-0.25, -0.2) is 4.39 Å². The zero-order chi connectivity index (χ0) is 14.7. The first-order chi connectivity index (χ1) is 10.2. The molecule has 0 aliphatic rings. The van der Waals surface area contributed by atoms with Crippen LogP contribution in [0.4, 0.5) is 10.1 Å². The van der Waals surface area contributed by atoms with Gasteiger partial charge in [0.15, 0.2) is 0 Å². The van der Waals surface area contributed by atoms with Crippen LogP contribution in [0.5, 0.6) is 0 Å². The lowest BCUT2D eigenvalue weighted by atomic mass is 10.2. The number of nitrogens with one attached hydrogen (secondary N) is 1. The molecule has 0 fully saturated rings. The van der Waals surface area contributed by atoms with Gasteiger partial charge in [0, 0.05) is 18.7 Å². The minimum absolute atomic E-state index is 0.262. The average molecular weight is 289 g/mol. The quantitative estimate of drug-likeness (QED) is 0.758. The molecule has 0 radical (unpaired) electrons. The molecule has 0 unspecified atom stereocenters. The normalized spacial score (nSPS) is 11.1. The van der Waals surface area contributed by atoms with Crippen LogP contribution in [-0.4, -0.2) is 23.5 Å². The highest BCUT2D eigenvalue weighted by Gasteiger charge is 2.05. The van der Waals surface area contributed by atoms with Gasteiger partial charge >= 0.3 is 0 Å². The maximum Gasteiger partial charge on any atom is 0.134 e. The van der Waals surface area contributed by atoms with Gasteiger partial charge in [-0.2, -0.15) is 5.10 Å². The Morgan fingerprint density at radius 3 is 3.14 bits per heavy atom. The zero-order valence-corrected chi connectivity index (χ0v) is 11.7. The van der Waals surface area contributed by atoms with Crippen LogP contribution in [0.1, 0.15) is 5.76 Å². The van der Waals surface area contributed by atoms with Crippen molar-refractivity contribution in [3.63, 3.8) is 0 Å². The second-order valence-corrected chi connectivity index (χ2v) is 4.73. The monoisotopic (exact) mass is 289 g/mol. The number of nitrogens with zero attached hydrogens (tertiary/aromatic N) is 2. The van der Waals surface area contributed by atoms with Gasteiger partial charge in [-0.1, -0.05) is 0 Å². The molecule has 1 N–H and O–H groups in total. The minimum atomic E-state index is -0.262. The number of furan rings is 1. The molecule has 3 aromatic rings. The summed E-state index contributed by atoms with van der Waals surface area (Å²) in [6.45, 7) is 1.85. The van der Waals surface area contributed by atoms with Gasteiger partial charge < -0.3 is 14.5 Å². The molecule has 0 aliphatic carbocycles. The van der Waals surface area contributed by atoms with Crippen molar-refractivity contribution in [2.24, 2.45) is 0 Å². The van der Waals surface area contributed by atoms with E-state index in [0.717, 1.165) is 16.8 Å². The maximum absolute atomic E-state index is 13.1. The average Bonchev–Trinajstić information content (AvgIpc) is 3.08. The number of benzene rings is 1. The first kappa shape index (κ1) is 13.6. The number of hydrogen-bond donors (Lipinski definition) is 1. The van der Waals surface area contributed by atoms with Crippen LogP contribution in [0.15, 0.2) is 41.1 Å². The first-order valence-electron chi connectivity index (χ1n) is 6.68. The van der Waals surface area contributed by atoms with E-state index in [1.165, 1.54) is 12.1 Å². The fraction of sp³-hybridized carbons (Fsp3) is 0.267. The third kappa shape index (κ3) is 3.22. The van der Waals surface area contributed by atoms with Crippen molar-refractivity contribution in [2.45, 2.75) is 13.1 Å². The van der Waals surface area contributed by atoms with Gasteiger partial charge in [-0.15, -0.1) is 0 Å². The van der Waals surface area contributed by atoms with Crippen molar-refractivity contribution < 1.29 is 13.5 Å². The second kappa shape index (κ2) is 5.97. The highest BCUT2D eigenvalue weighted by Crippen LogP contribution is 2.21. The van der Waals surface area contributed by atoms with Gasteiger partial charge in [-0.05, 0) is 24.3 Å². The van der Waals surface area contributed by atoms with Crippen LogP contribution in [0.25, 0.3) is 11.0 Å². The SMILES string of the molecule is COCCn1cc(NCc2cc3cc(F)ccc3o2)cn1. The summed E-state index contributed by atoms with van der Waals surface area (Å²) >= 11 is 0. The number of halogens is 1. The molecule has 0 aliphatic heterocycles. The number of rotatable bonds is 6. The van der Waals surface area contributed by atoms with Crippen LogP contribution in [0.3, 0.4) is 0 Å². The van der Waals surface area contributed by atoms with Crippen molar-refractivity contribution in [3.05, 3.63) is 48.2 Å². The number of anilines is 1. The lowest BCUT2D eigenvalue weighted by Gasteiger charge is -2.00. The Kier molecular flexibility index (Phi) is 3.87. The Labute approximate surface area is 121 Å². The van der Waals surface area contributed by atoms with E-state index >= 15 is 0 Å². The summed E-state index contributed by atoms with van der Waals surface area (Å²) in [5.74, 6) is 0.488. The molecular formula is C15H16FN3O2. The van der Waals surface area contributed by atoms with Gasteiger partial charge in [0.25, 0.3) is 0 Å². The van der Waals surface area contributed by atoms with E-state index in [-0.39, 0.29) is 5.82 Å². The fourth-order valence-corrected chi connectivity index (χ4v) is 2.11. The smallest absolute Gasteiger partial charge is 0.134 e. The molecule has 0 amide bonds. The van der Waals surface area contributed by atoms with E-state index in [4.69, 9.17) is 9.15 Å². The number of ether oxygens (including phenoxy) is 1. The highest BCUT2D eigenvalue weighted by molar-refractivity contribution is 5.77. The highest BCUT2D eigenvalue weighted by atomic mass is 19.1. The summed E-state index contributed by atoms with van der Waals surface area (Å²) in [6, 6.07) is 6.33. The molecule has 0 atom stereocenters. The molecular weight excluding hydrogens is 273 g/mol. The number of hydrogen-bond acceptors (Lipinski definition) is 4. The molecule has 0 spiro atoms. The molecule has 5 nitrogen and oxygen atoms in total. The molecule has 1 aromatic carbocycles. The van der Waals surface area contributed by atoms with Crippen molar-refractivity contribution >= 4 is 16.7 Å². The van der Waals surface area contributed by atoms with E-state index in [2.05, 4.69) is 10.4 Å². The lowest BCUT2D eigenvalue weighted by molar-refractivity contribution is 0.183. The van der Waals surface area contributed by atoms with Gasteiger partial charge in [0.1, 0.15) is 17.2 Å². The Morgan fingerprint density at radius 1 is 1.38 bits per heavy atom. The van der Waals surface area contributed by atoms with Crippen molar-refractivity contribution in [3.8, 4) is 0 Å². The number of methoxy groups -OCH3 is 1. The molecule has 0 saturated carbocycles.